The fourth-order valence-electron chi connectivity index (χ4n) is 1.99. The monoisotopic (exact) mass is 287 g/mol. The third-order valence-corrected chi connectivity index (χ3v) is 3.12. The summed E-state index contributed by atoms with van der Waals surface area (Å²) >= 11 is 0. The summed E-state index contributed by atoms with van der Waals surface area (Å²) < 4.78 is 33.9. The van der Waals surface area contributed by atoms with Crippen LogP contribution in [0.15, 0.2) is 24.3 Å². The second-order valence-corrected chi connectivity index (χ2v) is 4.58. The molecule has 1 unspecified atom stereocenters. The predicted octanol–water partition coefficient (Wildman–Crippen LogP) is 2.81. The Balaban J connectivity index is 2.43. The average Bonchev–Trinajstić information content (AvgIpc) is 2.46. The van der Waals surface area contributed by atoms with Gasteiger partial charge in [0.2, 0.25) is 0 Å². The molecule has 114 valence electrons. The van der Waals surface area contributed by atoms with Gasteiger partial charge in [-0.2, -0.15) is 0 Å². The summed E-state index contributed by atoms with van der Waals surface area (Å²) in [5, 5.41) is 3.18. The van der Waals surface area contributed by atoms with Gasteiger partial charge in [0.15, 0.2) is 0 Å². The summed E-state index contributed by atoms with van der Waals surface area (Å²) in [4.78, 5) is 0. The maximum absolute atomic E-state index is 12.0. The molecule has 1 N–H and O–H groups in total. The van der Waals surface area contributed by atoms with Gasteiger partial charge < -0.3 is 14.8 Å². The summed E-state index contributed by atoms with van der Waals surface area (Å²) in [6.07, 6.45) is -0.845. The molecule has 0 bridgehead atoms. The average molecular weight is 287 g/mol. The molecule has 1 aromatic rings. The van der Waals surface area contributed by atoms with Gasteiger partial charge in [-0.25, -0.2) is 8.78 Å². The molecule has 0 aromatic heterocycles. The van der Waals surface area contributed by atoms with Crippen LogP contribution in [-0.2, 0) is 15.9 Å². The topological polar surface area (TPSA) is 30.5 Å². The molecule has 0 saturated carbocycles. The van der Waals surface area contributed by atoms with Crippen molar-refractivity contribution in [2.75, 3.05) is 34.0 Å². The van der Waals surface area contributed by atoms with Gasteiger partial charge in [-0.1, -0.05) is 24.3 Å². The fraction of sp³-hybridized carbons (Fsp3) is 0.600. The molecule has 0 aliphatic rings. The lowest BCUT2D eigenvalue weighted by Crippen LogP contribution is -2.19. The minimum atomic E-state index is -2.40. The quantitative estimate of drug-likeness (QED) is 0.671. The van der Waals surface area contributed by atoms with Crippen LogP contribution in [-0.4, -0.2) is 40.4 Å². The molecular formula is C15H23F2NO2. The smallest absolute Gasteiger partial charge is 0.261 e. The number of rotatable bonds is 10. The van der Waals surface area contributed by atoms with Crippen LogP contribution in [0.1, 0.15) is 23.6 Å². The highest BCUT2D eigenvalue weighted by molar-refractivity contribution is 5.25. The minimum absolute atomic E-state index is 0.115. The van der Waals surface area contributed by atoms with Crippen LogP contribution < -0.4 is 5.32 Å². The Kier molecular flexibility index (Phi) is 8.34. The highest BCUT2D eigenvalue weighted by Crippen LogP contribution is 2.17. The molecule has 0 spiro atoms. The number of benzene rings is 1. The van der Waals surface area contributed by atoms with Crippen molar-refractivity contribution in [2.45, 2.75) is 25.3 Å². The van der Waals surface area contributed by atoms with E-state index in [9.17, 15) is 8.78 Å². The van der Waals surface area contributed by atoms with Crippen molar-refractivity contribution in [1.82, 2.24) is 5.32 Å². The first kappa shape index (κ1) is 17.0. The first-order chi connectivity index (χ1) is 9.67. The number of halogens is 2. The van der Waals surface area contributed by atoms with E-state index in [4.69, 9.17) is 9.47 Å². The van der Waals surface area contributed by atoms with Crippen LogP contribution in [0.5, 0.6) is 0 Å². The third-order valence-electron chi connectivity index (χ3n) is 3.12. The zero-order valence-electron chi connectivity index (χ0n) is 12.1. The zero-order chi connectivity index (χ0) is 14.8. The van der Waals surface area contributed by atoms with Gasteiger partial charge in [-0.05, 0) is 31.0 Å². The van der Waals surface area contributed by atoms with E-state index in [0.29, 0.717) is 19.6 Å². The van der Waals surface area contributed by atoms with Gasteiger partial charge in [0.1, 0.15) is 6.61 Å². The van der Waals surface area contributed by atoms with Crippen LogP contribution in [0.25, 0.3) is 0 Å². The van der Waals surface area contributed by atoms with Crippen LogP contribution >= 0.6 is 0 Å². The van der Waals surface area contributed by atoms with E-state index in [2.05, 4.69) is 29.6 Å². The molecule has 0 radical (unpaired) electrons. The van der Waals surface area contributed by atoms with E-state index in [0.717, 1.165) is 12.0 Å². The number of methoxy groups -OCH3 is 1. The Morgan fingerprint density at radius 2 is 1.85 bits per heavy atom. The summed E-state index contributed by atoms with van der Waals surface area (Å²) in [7, 11) is 3.54. The van der Waals surface area contributed by atoms with Gasteiger partial charge in [0.05, 0.1) is 6.61 Å². The lowest BCUT2D eigenvalue weighted by atomic mass is 10.0. The Morgan fingerprint density at radius 1 is 1.15 bits per heavy atom. The lowest BCUT2D eigenvalue weighted by molar-refractivity contribution is 0.0145. The Morgan fingerprint density at radius 3 is 2.40 bits per heavy atom. The molecule has 20 heavy (non-hydrogen) atoms. The van der Waals surface area contributed by atoms with Gasteiger partial charge in [-0.15, -0.1) is 0 Å². The molecule has 1 aromatic carbocycles. The van der Waals surface area contributed by atoms with E-state index in [1.165, 1.54) is 5.56 Å². The summed E-state index contributed by atoms with van der Waals surface area (Å²) in [5.74, 6) is 0. The van der Waals surface area contributed by atoms with E-state index >= 15 is 0 Å². The third kappa shape index (κ3) is 6.41. The highest BCUT2D eigenvalue weighted by Gasteiger charge is 2.10. The second-order valence-electron chi connectivity index (χ2n) is 4.58. The van der Waals surface area contributed by atoms with Crippen LogP contribution in [0.4, 0.5) is 8.78 Å². The van der Waals surface area contributed by atoms with E-state index < -0.39 is 13.0 Å². The number of nitrogens with one attached hydrogen (secondary N) is 1. The highest BCUT2D eigenvalue weighted by atomic mass is 19.3. The summed E-state index contributed by atoms with van der Waals surface area (Å²) in [6, 6.07) is 8.36. The predicted molar refractivity (Wildman–Crippen MR) is 75.3 cm³/mol. The summed E-state index contributed by atoms with van der Waals surface area (Å²) in [5.41, 5.74) is 2.36. The van der Waals surface area contributed by atoms with Gasteiger partial charge in [-0.3, -0.25) is 0 Å². The zero-order valence-corrected chi connectivity index (χ0v) is 12.1. The molecule has 5 heteroatoms. The Hall–Kier alpha value is -1.04. The molecule has 0 saturated heterocycles. The van der Waals surface area contributed by atoms with Gasteiger partial charge >= 0.3 is 0 Å². The van der Waals surface area contributed by atoms with Crippen molar-refractivity contribution in [3.05, 3.63) is 35.4 Å². The molecule has 3 nitrogen and oxygen atoms in total. The normalized spacial score (nSPS) is 12.8. The van der Waals surface area contributed by atoms with E-state index in [1.807, 2.05) is 7.05 Å². The summed E-state index contributed by atoms with van der Waals surface area (Å²) in [6.45, 7) is 0.532. The number of hydrogen-bond donors (Lipinski definition) is 1. The van der Waals surface area contributed by atoms with Crippen molar-refractivity contribution >= 4 is 0 Å². The molecular weight excluding hydrogens is 264 g/mol. The molecule has 0 fully saturated rings. The van der Waals surface area contributed by atoms with Crippen molar-refractivity contribution in [2.24, 2.45) is 0 Å². The number of ether oxygens (including phenoxy) is 2. The Labute approximate surface area is 119 Å². The standard InChI is InChI=1S/C15H23F2NO2/c1-18-14(8-10-20-11-15(16)17)13-5-3-12(4-6-13)7-9-19-2/h3-6,14-15,18H,7-11H2,1-2H3. The van der Waals surface area contributed by atoms with Crippen LogP contribution in [0, 0.1) is 0 Å². The Bertz CT molecular complexity index is 357. The number of alkyl halides is 2. The maximum atomic E-state index is 12.0. The van der Waals surface area contributed by atoms with Gasteiger partial charge in [0.25, 0.3) is 6.43 Å². The van der Waals surface area contributed by atoms with E-state index in [-0.39, 0.29) is 6.04 Å². The molecule has 1 atom stereocenters. The SMILES string of the molecule is CNC(CCOCC(F)F)c1ccc(CCOC)cc1. The van der Waals surface area contributed by atoms with Crippen molar-refractivity contribution < 1.29 is 18.3 Å². The fourth-order valence-corrected chi connectivity index (χ4v) is 1.99. The van der Waals surface area contributed by atoms with Crippen molar-refractivity contribution in [1.29, 1.82) is 0 Å². The number of hydrogen-bond acceptors (Lipinski definition) is 3. The molecule has 0 amide bonds. The maximum Gasteiger partial charge on any atom is 0.261 e. The van der Waals surface area contributed by atoms with E-state index in [1.54, 1.807) is 7.11 Å². The first-order valence-electron chi connectivity index (χ1n) is 6.78. The van der Waals surface area contributed by atoms with Gasteiger partial charge in [0, 0.05) is 19.8 Å². The molecule has 0 aliphatic carbocycles. The van der Waals surface area contributed by atoms with Crippen molar-refractivity contribution in [3.8, 4) is 0 Å². The molecule has 1 rings (SSSR count). The second kappa shape index (κ2) is 9.80. The minimum Gasteiger partial charge on any atom is -0.384 e. The van der Waals surface area contributed by atoms with Crippen LogP contribution in [0.3, 0.4) is 0 Å². The molecule has 0 aliphatic heterocycles. The first-order valence-corrected chi connectivity index (χ1v) is 6.78. The largest absolute Gasteiger partial charge is 0.384 e. The lowest BCUT2D eigenvalue weighted by Gasteiger charge is -2.17. The molecule has 0 heterocycles. The van der Waals surface area contributed by atoms with Crippen LogP contribution in [0.2, 0.25) is 0 Å². The van der Waals surface area contributed by atoms with Crippen molar-refractivity contribution in [3.63, 3.8) is 0 Å².